The highest BCUT2D eigenvalue weighted by molar-refractivity contribution is 7.72. The van der Waals surface area contributed by atoms with Crippen molar-refractivity contribution < 1.29 is 0 Å². The first-order valence-corrected chi connectivity index (χ1v) is 24.3. The summed E-state index contributed by atoms with van der Waals surface area (Å²) in [5, 5.41) is 2.50. The van der Waals surface area contributed by atoms with E-state index in [1.807, 2.05) is 0 Å². The van der Waals surface area contributed by atoms with Gasteiger partial charge in [0.15, 0.2) is 0 Å². The molecule has 0 saturated heterocycles. The van der Waals surface area contributed by atoms with Gasteiger partial charge in [0.1, 0.15) is 0 Å². The lowest BCUT2D eigenvalue weighted by molar-refractivity contribution is 0.554. The first-order valence-electron chi connectivity index (χ1n) is 16.5. The third kappa shape index (κ3) is 5.65. The quantitative estimate of drug-likeness (QED) is 0.110. The van der Waals surface area contributed by atoms with Gasteiger partial charge in [0, 0.05) is 9.97 Å². The minimum atomic E-state index is -3.28. The van der Waals surface area contributed by atoms with Crippen LogP contribution in [0.1, 0.15) is 90.1 Å². The molecule has 0 amide bonds. The molecule has 242 valence electrons. The molecule has 1 unspecified atom stereocenters. The Kier molecular flexibility index (Phi) is 9.14. The van der Waals surface area contributed by atoms with Crippen molar-refractivity contribution in [3.05, 3.63) is 119 Å². The second-order valence-electron chi connectivity index (χ2n) is 17.2. The van der Waals surface area contributed by atoms with Gasteiger partial charge in [0.2, 0.25) is 7.38 Å². The van der Waals surface area contributed by atoms with E-state index in [0.29, 0.717) is 0 Å². The van der Waals surface area contributed by atoms with Gasteiger partial charge >= 0.3 is 0 Å². The van der Waals surface area contributed by atoms with Crippen LogP contribution < -0.4 is 10.5 Å². The average Bonchev–Trinajstić information content (AvgIpc) is 3.27. The second-order valence-corrected chi connectivity index (χ2v) is 30.3. The topological polar surface area (TPSA) is 0 Å². The van der Waals surface area contributed by atoms with Gasteiger partial charge in [-0.2, -0.15) is 11.1 Å². The molecule has 4 aromatic rings. The van der Waals surface area contributed by atoms with Gasteiger partial charge < -0.3 is 0 Å². The van der Waals surface area contributed by atoms with Crippen molar-refractivity contribution in [1.82, 2.24) is 0 Å². The fraction of sp³-hybridized carbons (Fsp3) is 0.390. The largest absolute Gasteiger partial charge is 0.246 e. The van der Waals surface area contributed by atoms with Gasteiger partial charge in [-0.15, -0.1) is 0 Å². The third-order valence-corrected chi connectivity index (χ3v) is 25.9. The molecular formula is C41H51Cl2PSi2. The van der Waals surface area contributed by atoms with Crippen LogP contribution in [0.4, 0.5) is 0 Å². The van der Waals surface area contributed by atoms with Crippen molar-refractivity contribution in [3.8, 4) is 11.1 Å². The lowest BCUT2D eigenvalue weighted by atomic mass is 9.75. The molecule has 0 nitrogen and oxygen atoms in total. The molecule has 5 rings (SSSR count). The molecule has 0 fully saturated rings. The Morgan fingerprint density at radius 2 is 1.02 bits per heavy atom. The predicted octanol–water partition coefficient (Wildman–Crippen LogP) is 11.5. The summed E-state index contributed by atoms with van der Waals surface area (Å²) in [6.45, 7) is 28.5. The van der Waals surface area contributed by atoms with Gasteiger partial charge in [0.25, 0.3) is 0 Å². The Morgan fingerprint density at radius 3 is 1.41 bits per heavy atom. The zero-order chi connectivity index (χ0) is 34.1. The molecule has 1 atom stereocenters. The van der Waals surface area contributed by atoms with E-state index in [-0.39, 0.29) is 16.2 Å². The molecule has 5 heteroatoms. The first kappa shape index (κ1) is 35.4. The van der Waals surface area contributed by atoms with E-state index < -0.39 is 20.1 Å². The summed E-state index contributed by atoms with van der Waals surface area (Å²) in [6, 6.07) is 33.8. The Bertz CT molecular complexity index is 1720. The summed E-state index contributed by atoms with van der Waals surface area (Å²) in [6.07, 6.45) is 0. The maximum absolute atomic E-state index is 8.70. The van der Waals surface area contributed by atoms with Crippen LogP contribution in [-0.2, 0) is 20.9 Å². The summed E-state index contributed by atoms with van der Waals surface area (Å²) in [4.78, 5) is 0. The minimum Gasteiger partial charge on any atom is -0.152 e. The van der Waals surface area contributed by atoms with Crippen LogP contribution >= 0.6 is 30.9 Å². The summed E-state index contributed by atoms with van der Waals surface area (Å²) in [7, 11) is -4.45. The van der Waals surface area contributed by atoms with E-state index in [9.17, 15) is 0 Å². The van der Waals surface area contributed by atoms with E-state index in [2.05, 4.69) is 173 Å². The summed E-state index contributed by atoms with van der Waals surface area (Å²) in [5.41, 5.74) is 9.27. The molecule has 46 heavy (non-hydrogen) atoms. The van der Waals surface area contributed by atoms with Crippen LogP contribution in [0.5, 0.6) is 0 Å². The molecule has 1 aliphatic carbocycles. The van der Waals surface area contributed by atoms with E-state index in [1.54, 1.807) is 0 Å². The monoisotopic (exact) mass is 700 g/mol. The zero-order valence-electron chi connectivity index (χ0n) is 29.9. The van der Waals surface area contributed by atoms with E-state index in [1.165, 1.54) is 49.4 Å². The lowest BCUT2D eigenvalue weighted by Crippen LogP contribution is -2.72. The summed E-state index contributed by atoms with van der Waals surface area (Å²) in [5.74, 6) is 0. The molecule has 0 heterocycles. The maximum atomic E-state index is 8.70. The fourth-order valence-electron chi connectivity index (χ4n) is 7.60. The van der Waals surface area contributed by atoms with Gasteiger partial charge in [-0.1, -0.05) is 193 Å². The van der Waals surface area contributed by atoms with Crippen LogP contribution in [0, 0.1) is 0 Å². The van der Waals surface area contributed by atoms with Gasteiger partial charge in [-0.3, -0.25) is 0 Å². The maximum Gasteiger partial charge on any atom is 0.246 e. The minimum absolute atomic E-state index is 0.0249. The van der Waals surface area contributed by atoms with Crippen molar-refractivity contribution in [2.24, 2.45) is 0 Å². The van der Waals surface area contributed by atoms with Gasteiger partial charge in [-0.25, -0.2) is 0 Å². The number of halogens is 2. The Labute approximate surface area is 292 Å². The Hall–Kier alpha value is -1.94. The normalized spacial score (nSPS) is 16.5. The first-order chi connectivity index (χ1) is 21.2. The number of hydrogen-bond donors (Lipinski definition) is 0. The number of hydrogen-bond acceptors (Lipinski definition) is 0. The fourth-order valence-corrected chi connectivity index (χ4v) is 26.0. The molecule has 0 spiro atoms. The molecule has 0 saturated carbocycles. The van der Waals surface area contributed by atoms with Crippen molar-refractivity contribution in [2.75, 3.05) is 0 Å². The zero-order valence-corrected chi connectivity index (χ0v) is 34.3. The third-order valence-electron chi connectivity index (χ3n) is 9.85. The molecular weight excluding hydrogens is 651 g/mol. The summed E-state index contributed by atoms with van der Waals surface area (Å²) >= 11 is 16.8. The van der Waals surface area contributed by atoms with Crippen molar-refractivity contribution in [2.45, 2.75) is 103 Å². The molecule has 0 aliphatic heterocycles. The molecule has 0 bridgehead atoms. The van der Waals surface area contributed by atoms with Gasteiger partial charge in [-0.05, 0) is 60.4 Å². The predicted molar refractivity (Wildman–Crippen MR) is 214 cm³/mol. The molecule has 0 N–H and O–H groups in total. The van der Waals surface area contributed by atoms with Gasteiger partial charge in [0.05, 0.1) is 12.4 Å². The van der Waals surface area contributed by atoms with Crippen LogP contribution in [0.3, 0.4) is 0 Å². The number of fused-ring (bicyclic) bond motifs is 3. The standard InChI is InChI=1S/C41H51Cl2PSi2/c1-38(2,3)28-26-34(39(4,5)6)36(35(27-28)40(7,8)9)44-37(42)46(43,29-20-14-13-15-21-29)41(45(10,11)12)32-24-18-16-22-30(32)31-23-17-19-25-33(31)41/h13-27H,1-12H3. The highest BCUT2D eigenvalue weighted by Crippen LogP contribution is 2.59. The van der Waals surface area contributed by atoms with Crippen molar-refractivity contribution >= 4 is 61.2 Å². The van der Waals surface area contributed by atoms with E-state index in [4.69, 9.17) is 22.7 Å². The second kappa shape index (κ2) is 11.9. The molecule has 0 radical (unpaired) electrons. The molecule has 4 aromatic carbocycles. The van der Waals surface area contributed by atoms with E-state index >= 15 is 0 Å². The Balaban J connectivity index is 1.98. The van der Waals surface area contributed by atoms with E-state index in [0.717, 1.165) is 12.6 Å². The van der Waals surface area contributed by atoms with Crippen molar-refractivity contribution in [1.29, 1.82) is 0 Å². The molecule has 0 aromatic heterocycles. The summed E-state index contributed by atoms with van der Waals surface area (Å²) < 4.78 is 0.504. The Morgan fingerprint density at radius 1 is 0.609 bits per heavy atom. The van der Waals surface area contributed by atoms with Crippen LogP contribution in [-0.4, -0.2) is 19.8 Å². The number of rotatable bonds is 5. The highest BCUT2D eigenvalue weighted by atomic mass is 35.6. The van der Waals surface area contributed by atoms with Crippen LogP contribution in [0.2, 0.25) is 19.6 Å². The molecule has 1 aliphatic rings. The van der Waals surface area contributed by atoms with Crippen LogP contribution in [0.25, 0.3) is 11.1 Å². The smallest absolute Gasteiger partial charge is 0.152 e. The SMILES string of the molecule is CC(C)(C)c1cc(C(C)(C)C)c(P=C(Cl)[Si](Cl)(c2ccccc2)C2([Si](C)(C)C)c3ccccc3-c3ccccc32)c(C(C)(C)C)c1. The average molecular weight is 702 g/mol. The van der Waals surface area contributed by atoms with Crippen LogP contribution in [0.15, 0.2) is 91.0 Å². The number of benzene rings is 4. The van der Waals surface area contributed by atoms with Crippen molar-refractivity contribution in [3.63, 3.8) is 0 Å². The lowest BCUT2D eigenvalue weighted by Gasteiger charge is -2.52. The highest BCUT2D eigenvalue weighted by Gasteiger charge is 2.67.